The second kappa shape index (κ2) is 13.1. The van der Waals surface area contributed by atoms with E-state index >= 15 is 0 Å². The number of rotatable bonds is 11. The first kappa shape index (κ1) is 27.9. The number of primary amides is 1. The molecule has 3 aromatic carbocycles. The van der Waals surface area contributed by atoms with Crippen LogP contribution in [0.4, 0.5) is 8.78 Å². The summed E-state index contributed by atoms with van der Waals surface area (Å²) in [6.07, 6.45) is 1.62. The number of nitrogens with one attached hydrogen (secondary N) is 2. The van der Waals surface area contributed by atoms with E-state index in [1.807, 2.05) is 60.7 Å². The van der Waals surface area contributed by atoms with Crippen LogP contribution < -0.4 is 16.4 Å². The molecule has 0 bridgehead atoms. The molecule has 9 heteroatoms. The topological polar surface area (TPSA) is 105 Å². The molecular formula is C30H32F2N4O3. The van der Waals surface area contributed by atoms with Gasteiger partial charge in [0.1, 0.15) is 23.7 Å². The molecule has 0 unspecified atom stereocenters. The molecule has 204 valence electrons. The molecule has 0 radical (unpaired) electrons. The van der Waals surface area contributed by atoms with Gasteiger partial charge in [0, 0.05) is 24.9 Å². The van der Waals surface area contributed by atoms with E-state index in [-0.39, 0.29) is 30.9 Å². The number of nitrogens with two attached hydrogens (primary N) is 1. The Morgan fingerprint density at radius 1 is 0.872 bits per heavy atom. The van der Waals surface area contributed by atoms with Gasteiger partial charge in [-0.3, -0.25) is 19.3 Å². The largest absolute Gasteiger partial charge is 0.368 e. The Hall–Kier alpha value is -4.11. The van der Waals surface area contributed by atoms with Crippen molar-refractivity contribution in [3.8, 4) is 0 Å². The summed E-state index contributed by atoms with van der Waals surface area (Å²) in [6.45, 7) is 0.600. The quantitative estimate of drug-likeness (QED) is 0.352. The molecule has 0 aliphatic carbocycles. The van der Waals surface area contributed by atoms with Gasteiger partial charge in [-0.1, -0.05) is 60.7 Å². The molecule has 1 aliphatic heterocycles. The van der Waals surface area contributed by atoms with Crippen molar-refractivity contribution in [2.75, 3.05) is 6.54 Å². The van der Waals surface area contributed by atoms with Crippen molar-refractivity contribution >= 4 is 17.7 Å². The van der Waals surface area contributed by atoms with Crippen LogP contribution in [0, 0.1) is 11.6 Å². The molecule has 1 saturated heterocycles. The average molecular weight is 535 g/mol. The maximum Gasteiger partial charge on any atom is 0.243 e. The number of carbonyl (C=O) groups is 3. The van der Waals surface area contributed by atoms with Gasteiger partial charge in [0.2, 0.25) is 17.7 Å². The fraction of sp³-hybridized carbons (Fsp3) is 0.300. The molecule has 7 nitrogen and oxygen atoms in total. The van der Waals surface area contributed by atoms with Crippen molar-refractivity contribution in [3.63, 3.8) is 0 Å². The van der Waals surface area contributed by atoms with Gasteiger partial charge in [-0.15, -0.1) is 0 Å². The summed E-state index contributed by atoms with van der Waals surface area (Å²) >= 11 is 0. The van der Waals surface area contributed by atoms with Crippen LogP contribution in [0.5, 0.6) is 0 Å². The van der Waals surface area contributed by atoms with Gasteiger partial charge < -0.3 is 16.4 Å². The minimum atomic E-state index is -0.981. The van der Waals surface area contributed by atoms with Gasteiger partial charge in [-0.2, -0.15) is 0 Å². The number of carbonyl (C=O) groups excluding carboxylic acids is 3. The highest BCUT2D eigenvalue weighted by atomic mass is 19.1. The minimum Gasteiger partial charge on any atom is -0.368 e. The van der Waals surface area contributed by atoms with Crippen LogP contribution in [-0.4, -0.2) is 47.3 Å². The third-order valence-electron chi connectivity index (χ3n) is 6.91. The van der Waals surface area contributed by atoms with Gasteiger partial charge in [0.25, 0.3) is 0 Å². The molecule has 39 heavy (non-hydrogen) atoms. The van der Waals surface area contributed by atoms with E-state index in [2.05, 4.69) is 10.6 Å². The van der Waals surface area contributed by atoms with Gasteiger partial charge in [-0.05, 0) is 48.7 Å². The van der Waals surface area contributed by atoms with E-state index in [1.54, 1.807) is 4.90 Å². The zero-order valence-corrected chi connectivity index (χ0v) is 21.5. The summed E-state index contributed by atoms with van der Waals surface area (Å²) in [5.41, 5.74) is 7.41. The number of amides is 3. The van der Waals surface area contributed by atoms with E-state index in [0.717, 1.165) is 29.3 Å². The summed E-state index contributed by atoms with van der Waals surface area (Å²) in [5, 5.41) is 5.56. The second-order valence-electron chi connectivity index (χ2n) is 9.77. The Balaban J connectivity index is 1.49. The lowest BCUT2D eigenvalue weighted by Gasteiger charge is -2.27. The zero-order chi connectivity index (χ0) is 27.8. The maximum atomic E-state index is 14.3. The smallest absolute Gasteiger partial charge is 0.243 e. The van der Waals surface area contributed by atoms with Gasteiger partial charge in [0.15, 0.2) is 0 Å². The SMILES string of the molecule is NC(=O)[C@H](Cc1ccccc1)NC(=O)[C@H](Cc1ccccc1)NC(=O)[C@@H]1CCCN1Cc1cc(F)ccc1F. The molecule has 3 atom stereocenters. The third kappa shape index (κ3) is 7.70. The van der Waals surface area contributed by atoms with Crippen molar-refractivity contribution in [3.05, 3.63) is 107 Å². The van der Waals surface area contributed by atoms with Crippen LogP contribution in [0.1, 0.15) is 29.5 Å². The molecule has 1 fully saturated rings. The number of halogens is 2. The second-order valence-corrected chi connectivity index (χ2v) is 9.77. The average Bonchev–Trinajstić information content (AvgIpc) is 3.39. The van der Waals surface area contributed by atoms with Crippen LogP contribution >= 0.6 is 0 Å². The van der Waals surface area contributed by atoms with Gasteiger partial charge >= 0.3 is 0 Å². The fourth-order valence-corrected chi connectivity index (χ4v) is 4.87. The van der Waals surface area contributed by atoms with Crippen LogP contribution in [0.15, 0.2) is 78.9 Å². The number of likely N-dealkylation sites (tertiary alicyclic amines) is 1. The number of hydrogen-bond acceptors (Lipinski definition) is 4. The predicted molar refractivity (Wildman–Crippen MR) is 143 cm³/mol. The van der Waals surface area contributed by atoms with Crippen molar-refractivity contribution in [2.45, 2.75) is 50.4 Å². The number of nitrogens with zero attached hydrogens (tertiary/aromatic N) is 1. The molecule has 3 aromatic rings. The maximum absolute atomic E-state index is 14.3. The van der Waals surface area contributed by atoms with Gasteiger partial charge in [-0.25, -0.2) is 8.78 Å². The Bertz CT molecular complexity index is 1290. The normalized spacial score (nSPS) is 16.8. The summed E-state index contributed by atoms with van der Waals surface area (Å²) in [7, 11) is 0. The first-order chi connectivity index (χ1) is 18.8. The predicted octanol–water partition coefficient (Wildman–Crippen LogP) is 2.87. The molecule has 1 heterocycles. The van der Waals surface area contributed by atoms with Crippen molar-refractivity contribution in [1.29, 1.82) is 0 Å². The molecule has 1 aliphatic rings. The minimum absolute atomic E-state index is 0.0675. The lowest BCUT2D eigenvalue weighted by Crippen LogP contribution is -2.56. The Morgan fingerprint density at radius 3 is 2.10 bits per heavy atom. The number of hydrogen-bond donors (Lipinski definition) is 3. The van der Waals surface area contributed by atoms with E-state index in [0.29, 0.717) is 19.4 Å². The molecule has 0 saturated carbocycles. The van der Waals surface area contributed by atoms with Crippen LogP contribution in [-0.2, 0) is 33.8 Å². The van der Waals surface area contributed by atoms with Crippen LogP contribution in [0.2, 0.25) is 0 Å². The summed E-state index contributed by atoms with van der Waals surface area (Å²) < 4.78 is 28.0. The molecule has 4 N–H and O–H groups in total. The van der Waals surface area contributed by atoms with E-state index in [4.69, 9.17) is 5.73 Å². The Kier molecular flexibility index (Phi) is 9.38. The fourth-order valence-electron chi connectivity index (χ4n) is 4.87. The summed E-state index contributed by atoms with van der Waals surface area (Å²) in [4.78, 5) is 40.8. The molecule has 4 rings (SSSR count). The highest BCUT2D eigenvalue weighted by molar-refractivity contribution is 5.93. The molecule has 0 spiro atoms. The van der Waals surface area contributed by atoms with Crippen LogP contribution in [0.25, 0.3) is 0 Å². The molecule has 3 amide bonds. The summed E-state index contributed by atoms with van der Waals surface area (Å²) in [5.74, 6) is -2.70. The lowest BCUT2D eigenvalue weighted by atomic mass is 10.0. The van der Waals surface area contributed by atoms with Crippen molar-refractivity contribution in [1.82, 2.24) is 15.5 Å². The van der Waals surface area contributed by atoms with E-state index in [1.165, 1.54) is 0 Å². The van der Waals surface area contributed by atoms with Crippen LogP contribution in [0.3, 0.4) is 0 Å². The third-order valence-corrected chi connectivity index (χ3v) is 6.91. The zero-order valence-electron chi connectivity index (χ0n) is 21.5. The monoisotopic (exact) mass is 534 g/mol. The number of benzene rings is 3. The van der Waals surface area contributed by atoms with Gasteiger partial charge in [0.05, 0.1) is 6.04 Å². The van der Waals surface area contributed by atoms with Crippen molar-refractivity contribution in [2.24, 2.45) is 5.73 Å². The summed E-state index contributed by atoms with van der Waals surface area (Å²) in [6, 6.07) is 19.1. The Labute approximate surface area is 226 Å². The Morgan fingerprint density at radius 2 is 1.49 bits per heavy atom. The highest BCUT2D eigenvalue weighted by Crippen LogP contribution is 2.22. The van der Waals surface area contributed by atoms with E-state index in [9.17, 15) is 23.2 Å². The molecule has 0 aromatic heterocycles. The molecular weight excluding hydrogens is 502 g/mol. The standard InChI is InChI=1S/C30H32F2N4O3/c31-23-13-14-24(32)22(18-23)19-36-15-7-12-27(36)30(39)35-26(17-21-10-5-2-6-11-21)29(38)34-25(28(33)37)16-20-8-3-1-4-9-20/h1-6,8-11,13-14,18,25-27H,7,12,15-17,19H2,(H2,33,37)(H,34,38)(H,35,39)/t25-,26-,27-/m0/s1. The van der Waals surface area contributed by atoms with E-state index < -0.39 is 41.6 Å². The lowest BCUT2D eigenvalue weighted by molar-refractivity contribution is -0.133. The first-order valence-corrected chi connectivity index (χ1v) is 13.0. The van der Waals surface area contributed by atoms with Crippen molar-refractivity contribution < 1.29 is 23.2 Å². The highest BCUT2D eigenvalue weighted by Gasteiger charge is 2.34. The first-order valence-electron chi connectivity index (χ1n) is 13.0.